The average molecular weight is 384 g/mol. The molecule has 1 aromatic heterocycles. The Labute approximate surface area is 153 Å². The smallest absolute Gasteiger partial charge is 0.387 e. The molecule has 0 unspecified atom stereocenters. The quantitative estimate of drug-likeness (QED) is 0.553. The van der Waals surface area contributed by atoms with Gasteiger partial charge in [0, 0.05) is 12.1 Å². The Bertz CT molecular complexity index is 854. The highest BCUT2D eigenvalue weighted by Gasteiger charge is 2.21. The highest BCUT2D eigenvalue weighted by molar-refractivity contribution is 5.94. The lowest BCUT2D eigenvalue weighted by molar-refractivity contribution is -0.386. The van der Waals surface area contributed by atoms with Crippen LogP contribution in [0.2, 0.25) is 0 Å². The Morgan fingerprint density at radius 3 is 2.63 bits per heavy atom. The lowest BCUT2D eigenvalue weighted by atomic mass is 10.2. The second-order valence-corrected chi connectivity index (χ2v) is 5.50. The second kappa shape index (κ2) is 8.43. The molecule has 9 nitrogen and oxygen atoms in total. The first kappa shape index (κ1) is 20.1. The van der Waals surface area contributed by atoms with Crippen molar-refractivity contribution < 1.29 is 28.0 Å². The summed E-state index contributed by atoms with van der Waals surface area (Å²) in [5.41, 5.74) is 0.818. The Morgan fingerprint density at radius 1 is 1.37 bits per heavy atom. The van der Waals surface area contributed by atoms with Crippen LogP contribution in [-0.4, -0.2) is 40.9 Å². The van der Waals surface area contributed by atoms with Crippen LogP contribution in [0, 0.1) is 24.0 Å². The van der Waals surface area contributed by atoms with Gasteiger partial charge in [-0.1, -0.05) is 0 Å². The number of alkyl halides is 2. The first-order valence-electron chi connectivity index (χ1n) is 7.84. The molecule has 0 aliphatic heterocycles. The van der Waals surface area contributed by atoms with E-state index in [0.29, 0.717) is 11.4 Å². The topological polar surface area (TPSA) is 109 Å². The number of aryl methyl sites for hydroxylation is 1. The third-order valence-corrected chi connectivity index (χ3v) is 3.78. The molecule has 146 valence electrons. The number of benzene rings is 1. The molecular formula is C16H18F2N4O5. The maximum Gasteiger partial charge on any atom is 0.387 e. The van der Waals surface area contributed by atoms with E-state index in [-0.39, 0.29) is 35.8 Å². The van der Waals surface area contributed by atoms with Crippen molar-refractivity contribution in [1.29, 1.82) is 0 Å². The minimum absolute atomic E-state index is 0.00267. The van der Waals surface area contributed by atoms with Crippen molar-refractivity contribution in [2.45, 2.75) is 27.0 Å². The van der Waals surface area contributed by atoms with Gasteiger partial charge in [0.05, 0.1) is 18.6 Å². The van der Waals surface area contributed by atoms with Gasteiger partial charge in [-0.3, -0.25) is 19.6 Å². The maximum absolute atomic E-state index is 12.3. The van der Waals surface area contributed by atoms with Crippen LogP contribution in [0.1, 0.15) is 21.7 Å². The number of hydrogen-bond acceptors (Lipinski definition) is 6. The molecule has 0 spiro atoms. The number of hydrogen-bond donors (Lipinski definition) is 1. The van der Waals surface area contributed by atoms with Gasteiger partial charge < -0.3 is 14.8 Å². The molecule has 2 aromatic rings. The molecule has 0 bridgehead atoms. The van der Waals surface area contributed by atoms with Crippen LogP contribution >= 0.6 is 0 Å². The van der Waals surface area contributed by atoms with E-state index < -0.39 is 17.4 Å². The number of methoxy groups -OCH3 is 1. The van der Waals surface area contributed by atoms with E-state index in [1.165, 1.54) is 36.9 Å². The van der Waals surface area contributed by atoms with E-state index in [2.05, 4.69) is 15.2 Å². The molecule has 1 N–H and O–H groups in total. The van der Waals surface area contributed by atoms with Crippen LogP contribution in [0.5, 0.6) is 11.5 Å². The van der Waals surface area contributed by atoms with Gasteiger partial charge in [0.1, 0.15) is 11.4 Å². The SMILES string of the molecule is COc1cc(C(=O)NCCn2nc(C)c([N+](=O)[O-])c2C)ccc1OC(F)F. The summed E-state index contributed by atoms with van der Waals surface area (Å²) >= 11 is 0. The van der Waals surface area contributed by atoms with E-state index in [1.54, 1.807) is 6.92 Å². The predicted molar refractivity (Wildman–Crippen MR) is 90.3 cm³/mol. The zero-order chi connectivity index (χ0) is 20.1. The van der Waals surface area contributed by atoms with Crippen LogP contribution in [0.25, 0.3) is 0 Å². The molecule has 2 rings (SSSR count). The van der Waals surface area contributed by atoms with E-state index in [9.17, 15) is 23.7 Å². The largest absolute Gasteiger partial charge is 0.493 e. The van der Waals surface area contributed by atoms with E-state index >= 15 is 0 Å². The number of nitrogens with zero attached hydrogens (tertiary/aromatic N) is 3. The molecule has 0 saturated heterocycles. The third-order valence-electron chi connectivity index (χ3n) is 3.78. The molecule has 0 aliphatic rings. The fraction of sp³-hybridized carbons (Fsp3) is 0.375. The summed E-state index contributed by atoms with van der Waals surface area (Å²) in [4.78, 5) is 22.7. The minimum Gasteiger partial charge on any atom is -0.493 e. The highest BCUT2D eigenvalue weighted by Crippen LogP contribution is 2.29. The highest BCUT2D eigenvalue weighted by atomic mass is 19.3. The van der Waals surface area contributed by atoms with E-state index in [4.69, 9.17) is 4.74 Å². The summed E-state index contributed by atoms with van der Waals surface area (Å²) in [6.07, 6.45) is 0. The molecule has 1 aromatic carbocycles. The number of nitro groups is 1. The molecule has 1 heterocycles. The zero-order valence-electron chi connectivity index (χ0n) is 14.9. The first-order chi connectivity index (χ1) is 12.7. The number of rotatable bonds is 8. The normalized spacial score (nSPS) is 10.7. The van der Waals surface area contributed by atoms with Gasteiger partial charge >= 0.3 is 12.3 Å². The zero-order valence-corrected chi connectivity index (χ0v) is 14.9. The van der Waals surface area contributed by atoms with Gasteiger partial charge in [-0.15, -0.1) is 0 Å². The number of aromatic nitrogens is 2. The number of carbonyl (C=O) groups is 1. The maximum atomic E-state index is 12.3. The van der Waals surface area contributed by atoms with Crippen LogP contribution < -0.4 is 14.8 Å². The van der Waals surface area contributed by atoms with Gasteiger partial charge in [-0.2, -0.15) is 13.9 Å². The van der Waals surface area contributed by atoms with Crippen molar-refractivity contribution in [1.82, 2.24) is 15.1 Å². The number of amides is 1. The lowest BCUT2D eigenvalue weighted by Gasteiger charge is -2.11. The molecule has 1 amide bonds. The standard InChI is InChI=1S/C16H18F2N4O5/c1-9-14(22(24)25)10(2)21(20-9)7-6-19-15(23)11-4-5-12(27-16(17)18)13(8-11)26-3/h4-5,8,16H,6-7H2,1-3H3,(H,19,23). The molecule has 11 heteroatoms. The monoisotopic (exact) mass is 384 g/mol. The van der Waals surface area contributed by atoms with Gasteiger partial charge in [-0.05, 0) is 32.0 Å². The Balaban J connectivity index is 2.02. The molecule has 0 saturated carbocycles. The predicted octanol–water partition coefficient (Wildman–Crippen LogP) is 2.45. The second-order valence-electron chi connectivity index (χ2n) is 5.50. The van der Waals surface area contributed by atoms with Gasteiger partial charge in [0.2, 0.25) is 0 Å². The van der Waals surface area contributed by atoms with Crippen LogP contribution in [0.4, 0.5) is 14.5 Å². The summed E-state index contributed by atoms with van der Waals surface area (Å²) in [7, 11) is 1.27. The van der Waals surface area contributed by atoms with Crippen molar-refractivity contribution in [3.63, 3.8) is 0 Å². The summed E-state index contributed by atoms with van der Waals surface area (Å²) in [6.45, 7) is 0.497. The Hall–Kier alpha value is -3.24. The van der Waals surface area contributed by atoms with Crippen molar-refractivity contribution in [3.8, 4) is 11.5 Å². The molecular weight excluding hydrogens is 366 g/mol. The number of nitrogens with one attached hydrogen (secondary N) is 1. The van der Waals surface area contributed by atoms with Gasteiger partial charge in [0.15, 0.2) is 11.5 Å². The van der Waals surface area contributed by atoms with E-state index in [0.717, 1.165) is 0 Å². The van der Waals surface area contributed by atoms with Crippen LogP contribution in [-0.2, 0) is 6.54 Å². The minimum atomic E-state index is -3.01. The summed E-state index contributed by atoms with van der Waals surface area (Å²) < 4.78 is 35.3. The van der Waals surface area contributed by atoms with Crippen molar-refractivity contribution in [3.05, 3.63) is 45.3 Å². The number of halogens is 2. The van der Waals surface area contributed by atoms with E-state index in [1.807, 2.05) is 0 Å². The molecule has 0 aliphatic carbocycles. The third kappa shape index (κ3) is 4.68. The van der Waals surface area contributed by atoms with Crippen LogP contribution in [0.15, 0.2) is 18.2 Å². The Morgan fingerprint density at radius 2 is 2.07 bits per heavy atom. The average Bonchev–Trinajstić information content (AvgIpc) is 2.88. The Kier molecular flexibility index (Phi) is 6.27. The van der Waals surface area contributed by atoms with Crippen molar-refractivity contribution >= 4 is 11.6 Å². The fourth-order valence-electron chi connectivity index (χ4n) is 2.55. The fourth-order valence-corrected chi connectivity index (χ4v) is 2.55. The van der Waals surface area contributed by atoms with Crippen molar-refractivity contribution in [2.75, 3.05) is 13.7 Å². The molecule has 0 radical (unpaired) electrons. The van der Waals surface area contributed by atoms with Gasteiger partial charge in [0.25, 0.3) is 5.91 Å². The van der Waals surface area contributed by atoms with Gasteiger partial charge in [-0.25, -0.2) is 0 Å². The lowest BCUT2D eigenvalue weighted by Crippen LogP contribution is -2.27. The number of ether oxygens (including phenoxy) is 2. The first-order valence-corrected chi connectivity index (χ1v) is 7.84. The summed E-state index contributed by atoms with van der Waals surface area (Å²) in [5.74, 6) is -0.649. The summed E-state index contributed by atoms with van der Waals surface area (Å²) in [5, 5.41) is 17.7. The molecule has 0 atom stereocenters. The molecule has 27 heavy (non-hydrogen) atoms. The molecule has 0 fully saturated rings. The number of carbonyl (C=O) groups excluding carboxylic acids is 1. The van der Waals surface area contributed by atoms with Crippen LogP contribution in [0.3, 0.4) is 0 Å². The summed E-state index contributed by atoms with van der Waals surface area (Å²) in [6, 6.07) is 3.81. The van der Waals surface area contributed by atoms with Crippen molar-refractivity contribution in [2.24, 2.45) is 0 Å².